The van der Waals surface area contributed by atoms with Gasteiger partial charge in [-0.15, -0.1) is 0 Å². The van der Waals surface area contributed by atoms with Crippen LogP contribution >= 0.6 is 0 Å². The summed E-state index contributed by atoms with van der Waals surface area (Å²) in [5.74, 6) is -0.819. The number of hydrogen-bond donors (Lipinski definition) is 5. The Morgan fingerprint density at radius 3 is 2.55 bits per heavy atom. The van der Waals surface area contributed by atoms with E-state index in [2.05, 4.69) is 16.0 Å². The van der Waals surface area contributed by atoms with E-state index in [9.17, 15) is 9.59 Å². The quantitative estimate of drug-likeness (QED) is 0.514. The molecule has 1 atom stereocenters. The molecule has 0 aromatic heterocycles. The molecule has 7 nitrogen and oxygen atoms in total. The first-order chi connectivity index (χ1) is 10.5. The van der Waals surface area contributed by atoms with Gasteiger partial charge in [0, 0.05) is 23.7 Å². The summed E-state index contributed by atoms with van der Waals surface area (Å²) in [5.41, 5.74) is 12.2. The number of nitrogens with one attached hydrogen (secondary N) is 3. The molecule has 0 bridgehead atoms. The summed E-state index contributed by atoms with van der Waals surface area (Å²) in [6.45, 7) is 2.24. The average Bonchev–Trinajstić information content (AvgIpc) is 2.54. The zero-order valence-corrected chi connectivity index (χ0v) is 12.3. The van der Waals surface area contributed by atoms with Crippen LogP contribution in [0.4, 0.5) is 5.69 Å². The van der Waals surface area contributed by atoms with E-state index in [1.54, 1.807) is 12.1 Å². The van der Waals surface area contributed by atoms with Crippen LogP contribution in [-0.4, -0.2) is 30.6 Å². The molecule has 2 heterocycles. The van der Waals surface area contributed by atoms with Gasteiger partial charge in [0.25, 0.3) is 5.91 Å². The smallest absolute Gasteiger partial charge is 0.258 e. The van der Waals surface area contributed by atoms with Crippen LogP contribution in [0.25, 0.3) is 0 Å². The molecule has 1 fully saturated rings. The van der Waals surface area contributed by atoms with Gasteiger partial charge in [-0.2, -0.15) is 0 Å². The van der Waals surface area contributed by atoms with E-state index in [1.165, 1.54) is 0 Å². The van der Waals surface area contributed by atoms with Gasteiger partial charge >= 0.3 is 0 Å². The van der Waals surface area contributed by atoms with Gasteiger partial charge in [-0.3, -0.25) is 14.9 Å². The number of piperidine rings is 1. The molecule has 7 heteroatoms. The number of rotatable bonds is 3. The van der Waals surface area contributed by atoms with Crippen LogP contribution in [0.3, 0.4) is 0 Å². The minimum atomic E-state index is -0.981. The summed E-state index contributed by atoms with van der Waals surface area (Å²) in [6, 6.07) is 5.21. The van der Waals surface area contributed by atoms with Crippen molar-refractivity contribution in [3.05, 3.63) is 29.3 Å². The number of primary amides is 2. The fourth-order valence-corrected chi connectivity index (χ4v) is 3.34. The van der Waals surface area contributed by atoms with Crippen LogP contribution in [0.2, 0.25) is 0 Å². The minimum Gasteiger partial charge on any atom is -0.366 e. The molecule has 0 radical (unpaired) electrons. The van der Waals surface area contributed by atoms with E-state index in [4.69, 9.17) is 11.5 Å². The first-order valence-corrected chi connectivity index (χ1v) is 7.49. The Hall–Kier alpha value is -2.12. The third kappa shape index (κ3) is 2.42. The summed E-state index contributed by atoms with van der Waals surface area (Å²) in [5, 5.41) is 9.82. The average molecular weight is 303 g/mol. The molecule has 118 valence electrons. The summed E-state index contributed by atoms with van der Waals surface area (Å²) < 4.78 is 0. The molecule has 0 spiro atoms. The van der Waals surface area contributed by atoms with Crippen molar-refractivity contribution >= 4 is 17.5 Å². The standard InChI is InChI=1S/C15H21N5O2/c16-13(21)9-1-2-10-8-19-15(14(17)22,20-12(10)7-9)11-3-5-18-6-4-11/h1-2,7,11,18-20H,3-6,8H2,(H2,16,21)(H2,17,22). The molecule has 2 aliphatic rings. The number of anilines is 1. The highest BCUT2D eigenvalue weighted by molar-refractivity contribution is 5.95. The maximum absolute atomic E-state index is 12.2. The van der Waals surface area contributed by atoms with Crippen LogP contribution in [0.5, 0.6) is 0 Å². The SMILES string of the molecule is NC(=O)c1ccc2c(c1)NC(C(N)=O)(C1CCNCC1)NC2. The summed E-state index contributed by atoms with van der Waals surface area (Å²) in [4.78, 5) is 23.6. The lowest BCUT2D eigenvalue weighted by Crippen LogP contribution is -2.68. The lowest BCUT2D eigenvalue weighted by Gasteiger charge is -2.45. The molecule has 7 N–H and O–H groups in total. The second-order valence-corrected chi connectivity index (χ2v) is 5.91. The van der Waals surface area contributed by atoms with Gasteiger partial charge in [0.05, 0.1) is 0 Å². The van der Waals surface area contributed by atoms with E-state index in [0.29, 0.717) is 12.1 Å². The Morgan fingerprint density at radius 2 is 1.91 bits per heavy atom. The maximum Gasteiger partial charge on any atom is 0.258 e. The van der Waals surface area contributed by atoms with Crippen molar-refractivity contribution in [1.82, 2.24) is 10.6 Å². The molecule has 1 unspecified atom stereocenters. The monoisotopic (exact) mass is 303 g/mol. The zero-order chi connectivity index (χ0) is 15.7. The number of carbonyl (C=O) groups excluding carboxylic acids is 2. The van der Waals surface area contributed by atoms with E-state index in [-0.39, 0.29) is 5.92 Å². The lowest BCUT2D eigenvalue weighted by atomic mass is 9.82. The highest BCUT2D eigenvalue weighted by Crippen LogP contribution is 2.33. The Kier molecular flexibility index (Phi) is 3.76. The Bertz CT molecular complexity index is 612. The fraction of sp³-hybridized carbons (Fsp3) is 0.467. The van der Waals surface area contributed by atoms with Crippen LogP contribution in [0.1, 0.15) is 28.8 Å². The molecule has 22 heavy (non-hydrogen) atoms. The minimum absolute atomic E-state index is 0.0941. The summed E-state index contributed by atoms with van der Waals surface area (Å²) in [7, 11) is 0. The van der Waals surface area contributed by atoms with Gasteiger partial charge in [-0.05, 0) is 43.6 Å². The molecular weight excluding hydrogens is 282 g/mol. The summed E-state index contributed by atoms with van der Waals surface area (Å²) >= 11 is 0. The third-order valence-corrected chi connectivity index (χ3v) is 4.62. The Balaban J connectivity index is 1.96. The largest absolute Gasteiger partial charge is 0.366 e. The highest BCUT2D eigenvalue weighted by Gasteiger charge is 2.46. The van der Waals surface area contributed by atoms with Crippen LogP contribution in [0, 0.1) is 5.92 Å². The molecule has 3 rings (SSSR count). The number of hydrogen-bond acceptors (Lipinski definition) is 5. The van der Waals surface area contributed by atoms with E-state index in [0.717, 1.165) is 37.2 Å². The fourth-order valence-electron chi connectivity index (χ4n) is 3.34. The van der Waals surface area contributed by atoms with Gasteiger partial charge in [0.1, 0.15) is 0 Å². The Labute approximate surface area is 128 Å². The lowest BCUT2D eigenvalue weighted by molar-refractivity contribution is -0.126. The Morgan fingerprint density at radius 1 is 1.18 bits per heavy atom. The van der Waals surface area contributed by atoms with Crippen LogP contribution < -0.4 is 27.4 Å². The van der Waals surface area contributed by atoms with Crippen molar-refractivity contribution in [3.63, 3.8) is 0 Å². The van der Waals surface area contributed by atoms with Crippen molar-refractivity contribution in [2.75, 3.05) is 18.4 Å². The van der Waals surface area contributed by atoms with Gasteiger partial charge in [0.2, 0.25) is 5.91 Å². The van der Waals surface area contributed by atoms with Crippen molar-refractivity contribution in [2.45, 2.75) is 25.0 Å². The number of amides is 2. The van der Waals surface area contributed by atoms with Crippen molar-refractivity contribution in [3.8, 4) is 0 Å². The van der Waals surface area contributed by atoms with E-state index in [1.807, 2.05) is 6.07 Å². The molecule has 0 aliphatic carbocycles. The van der Waals surface area contributed by atoms with Crippen molar-refractivity contribution in [1.29, 1.82) is 0 Å². The molecule has 2 aliphatic heterocycles. The second kappa shape index (κ2) is 5.58. The normalized spacial score (nSPS) is 25.1. The van der Waals surface area contributed by atoms with Gasteiger partial charge in [-0.25, -0.2) is 0 Å². The van der Waals surface area contributed by atoms with Crippen LogP contribution in [-0.2, 0) is 11.3 Å². The van der Waals surface area contributed by atoms with Gasteiger partial charge in [0.15, 0.2) is 5.66 Å². The third-order valence-electron chi connectivity index (χ3n) is 4.62. The number of nitrogens with two attached hydrogens (primary N) is 2. The maximum atomic E-state index is 12.2. The number of benzene rings is 1. The molecule has 1 aromatic rings. The van der Waals surface area contributed by atoms with Crippen LogP contribution in [0.15, 0.2) is 18.2 Å². The van der Waals surface area contributed by atoms with E-state index >= 15 is 0 Å². The van der Waals surface area contributed by atoms with Crippen molar-refractivity contribution < 1.29 is 9.59 Å². The molecule has 1 aromatic carbocycles. The molecule has 2 amide bonds. The first-order valence-electron chi connectivity index (χ1n) is 7.49. The number of fused-ring (bicyclic) bond motifs is 1. The topological polar surface area (TPSA) is 122 Å². The predicted molar refractivity (Wildman–Crippen MR) is 82.9 cm³/mol. The predicted octanol–water partition coefficient (Wildman–Crippen LogP) is -0.518. The van der Waals surface area contributed by atoms with Crippen molar-refractivity contribution in [2.24, 2.45) is 17.4 Å². The zero-order valence-electron chi connectivity index (χ0n) is 12.3. The second-order valence-electron chi connectivity index (χ2n) is 5.91. The first kappa shape index (κ1) is 14.8. The van der Waals surface area contributed by atoms with Gasteiger partial charge in [-0.1, -0.05) is 6.07 Å². The van der Waals surface area contributed by atoms with Gasteiger partial charge < -0.3 is 22.1 Å². The van der Waals surface area contributed by atoms with E-state index < -0.39 is 17.5 Å². The summed E-state index contributed by atoms with van der Waals surface area (Å²) in [6.07, 6.45) is 1.71. The highest BCUT2D eigenvalue weighted by atomic mass is 16.2. The molecule has 1 saturated heterocycles. The molecule has 0 saturated carbocycles. The molecular formula is C15H21N5O2. The number of carbonyl (C=O) groups is 2.